The average molecular weight is 357 g/mol. The number of rotatable bonds is 8. The number of carbonyl (C=O) groups is 2. The number of hydrogen-bond donors (Lipinski definition) is 2. The Bertz CT molecular complexity index is 796. The highest BCUT2D eigenvalue weighted by atomic mass is 16.5. The van der Waals surface area contributed by atoms with Gasteiger partial charge in [-0.15, -0.1) is 0 Å². The molecule has 1 heterocycles. The molecule has 26 heavy (non-hydrogen) atoms. The van der Waals surface area contributed by atoms with Crippen molar-refractivity contribution in [1.29, 1.82) is 0 Å². The molecular weight excluding hydrogens is 334 g/mol. The van der Waals surface area contributed by atoms with Crippen LogP contribution in [0.2, 0.25) is 0 Å². The fraction of sp³-hybridized carbons (Fsp3) is 0.421. The third-order valence-electron chi connectivity index (χ3n) is 5.01. The van der Waals surface area contributed by atoms with Crippen LogP contribution in [0.3, 0.4) is 0 Å². The van der Waals surface area contributed by atoms with Crippen LogP contribution in [0.1, 0.15) is 41.7 Å². The fourth-order valence-electron chi connectivity index (χ4n) is 3.25. The van der Waals surface area contributed by atoms with Crippen molar-refractivity contribution >= 4 is 11.9 Å². The van der Waals surface area contributed by atoms with E-state index in [0.29, 0.717) is 13.2 Å². The first-order valence-electron chi connectivity index (χ1n) is 8.70. The maximum Gasteiger partial charge on any atom is 0.356 e. The van der Waals surface area contributed by atoms with Gasteiger partial charge in [0.2, 0.25) is 5.91 Å². The molecule has 2 aromatic rings. The standard InChI is InChI=1S/C19H23N3O4/c1-26-11-9-19(7-3-8-19)18(25)20-13-14-4-2-5-15(12-14)22-10-6-16(21-22)17(23)24/h2,4-6,10,12H,3,7-9,11,13H2,1H3,(H,20,25)(H,23,24). The van der Waals surface area contributed by atoms with E-state index in [-0.39, 0.29) is 17.0 Å². The minimum Gasteiger partial charge on any atom is -0.476 e. The maximum atomic E-state index is 12.6. The van der Waals surface area contributed by atoms with Crippen LogP contribution in [-0.4, -0.2) is 40.5 Å². The van der Waals surface area contributed by atoms with Gasteiger partial charge >= 0.3 is 5.97 Å². The molecule has 7 heteroatoms. The van der Waals surface area contributed by atoms with E-state index in [1.54, 1.807) is 13.3 Å². The highest BCUT2D eigenvalue weighted by molar-refractivity contribution is 5.85. The number of carboxylic acids is 1. The third kappa shape index (κ3) is 3.77. The van der Waals surface area contributed by atoms with Crippen molar-refractivity contribution in [2.75, 3.05) is 13.7 Å². The van der Waals surface area contributed by atoms with Gasteiger partial charge in [-0.2, -0.15) is 5.10 Å². The van der Waals surface area contributed by atoms with Gasteiger partial charge in [0, 0.05) is 26.5 Å². The highest BCUT2D eigenvalue weighted by Gasteiger charge is 2.43. The zero-order valence-corrected chi connectivity index (χ0v) is 14.8. The Morgan fingerprint density at radius 2 is 2.15 bits per heavy atom. The normalized spacial score (nSPS) is 15.3. The van der Waals surface area contributed by atoms with Gasteiger partial charge in [-0.05, 0) is 43.0 Å². The Morgan fingerprint density at radius 3 is 2.77 bits per heavy atom. The fourth-order valence-corrected chi connectivity index (χ4v) is 3.25. The van der Waals surface area contributed by atoms with Gasteiger partial charge in [0.1, 0.15) is 0 Å². The summed E-state index contributed by atoms with van der Waals surface area (Å²) in [5.74, 6) is -0.979. The van der Waals surface area contributed by atoms with Crippen molar-refractivity contribution < 1.29 is 19.4 Å². The molecule has 3 rings (SSSR count). The van der Waals surface area contributed by atoms with Crippen molar-refractivity contribution in [3.63, 3.8) is 0 Å². The molecule has 0 aliphatic heterocycles. The largest absolute Gasteiger partial charge is 0.476 e. The lowest BCUT2D eigenvalue weighted by Crippen LogP contribution is -2.46. The lowest BCUT2D eigenvalue weighted by Gasteiger charge is -2.40. The SMILES string of the molecule is COCCC1(C(=O)NCc2cccc(-n3ccc(C(=O)O)n3)c2)CCC1. The summed E-state index contributed by atoms with van der Waals surface area (Å²) < 4.78 is 6.65. The molecule has 1 aliphatic carbocycles. The Morgan fingerprint density at radius 1 is 1.35 bits per heavy atom. The van der Waals surface area contributed by atoms with Gasteiger partial charge < -0.3 is 15.2 Å². The van der Waals surface area contributed by atoms with Gasteiger partial charge in [-0.25, -0.2) is 9.48 Å². The van der Waals surface area contributed by atoms with Crippen LogP contribution in [0.25, 0.3) is 5.69 Å². The zero-order chi connectivity index (χ0) is 18.6. The predicted molar refractivity (Wildman–Crippen MR) is 95.1 cm³/mol. The number of ether oxygens (including phenoxy) is 1. The van der Waals surface area contributed by atoms with E-state index in [0.717, 1.165) is 36.9 Å². The molecule has 1 aromatic carbocycles. The Hall–Kier alpha value is -2.67. The van der Waals surface area contributed by atoms with Crippen LogP contribution < -0.4 is 5.32 Å². The number of nitrogens with zero attached hydrogens (tertiary/aromatic N) is 2. The van der Waals surface area contributed by atoms with E-state index >= 15 is 0 Å². The number of amides is 1. The smallest absolute Gasteiger partial charge is 0.356 e. The molecule has 1 amide bonds. The zero-order valence-electron chi connectivity index (χ0n) is 14.8. The summed E-state index contributed by atoms with van der Waals surface area (Å²) in [6.07, 6.45) is 5.26. The van der Waals surface area contributed by atoms with E-state index in [1.807, 2.05) is 24.3 Å². The number of aromatic carboxylic acids is 1. The minimum absolute atomic E-state index is 0.00576. The number of benzene rings is 1. The number of aromatic nitrogens is 2. The second kappa shape index (κ2) is 7.70. The second-order valence-corrected chi connectivity index (χ2v) is 6.68. The first kappa shape index (κ1) is 18.1. The lowest BCUT2D eigenvalue weighted by molar-refractivity contribution is -0.137. The van der Waals surface area contributed by atoms with Crippen LogP contribution in [0, 0.1) is 5.41 Å². The number of carbonyl (C=O) groups excluding carboxylic acids is 1. The van der Waals surface area contributed by atoms with Crippen LogP contribution >= 0.6 is 0 Å². The van der Waals surface area contributed by atoms with Crippen LogP contribution in [0.5, 0.6) is 0 Å². The van der Waals surface area contributed by atoms with Crippen molar-refractivity contribution in [3.05, 3.63) is 47.8 Å². The van der Waals surface area contributed by atoms with Crippen LogP contribution in [-0.2, 0) is 16.1 Å². The summed E-state index contributed by atoms with van der Waals surface area (Å²) >= 11 is 0. The molecular formula is C19H23N3O4. The molecule has 0 radical (unpaired) electrons. The predicted octanol–water partition coefficient (Wildman–Crippen LogP) is 2.39. The summed E-state index contributed by atoms with van der Waals surface area (Å²) in [6, 6.07) is 8.97. The van der Waals surface area contributed by atoms with Crippen molar-refractivity contribution in [1.82, 2.24) is 15.1 Å². The second-order valence-electron chi connectivity index (χ2n) is 6.68. The van der Waals surface area contributed by atoms with Crippen molar-refractivity contribution in [2.24, 2.45) is 5.41 Å². The summed E-state index contributed by atoms with van der Waals surface area (Å²) in [4.78, 5) is 23.6. The molecule has 7 nitrogen and oxygen atoms in total. The van der Waals surface area contributed by atoms with Crippen molar-refractivity contribution in [3.8, 4) is 5.69 Å². The number of methoxy groups -OCH3 is 1. The maximum absolute atomic E-state index is 12.6. The average Bonchev–Trinajstić information content (AvgIpc) is 3.10. The molecule has 0 saturated heterocycles. The summed E-state index contributed by atoms with van der Waals surface area (Å²) in [5.41, 5.74) is 1.40. The molecule has 1 aliphatic rings. The molecule has 1 fully saturated rings. The highest BCUT2D eigenvalue weighted by Crippen LogP contribution is 2.44. The Kier molecular flexibility index (Phi) is 5.37. The Labute approximate surface area is 152 Å². The summed E-state index contributed by atoms with van der Waals surface area (Å²) in [7, 11) is 1.65. The van der Waals surface area contributed by atoms with Gasteiger partial charge in [-0.3, -0.25) is 4.79 Å². The number of carboxylic acid groups (broad SMARTS) is 1. The first-order chi connectivity index (χ1) is 12.5. The minimum atomic E-state index is -1.06. The van der Waals surface area contributed by atoms with Crippen LogP contribution in [0.4, 0.5) is 0 Å². The summed E-state index contributed by atoms with van der Waals surface area (Å²) in [6.45, 7) is 1.02. The third-order valence-corrected chi connectivity index (χ3v) is 5.01. The molecule has 0 bridgehead atoms. The number of hydrogen-bond acceptors (Lipinski definition) is 4. The van der Waals surface area contributed by atoms with Crippen molar-refractivity contribution in [2.45, 2.75) is 32.2 Å². The van der Waals surface area contributed by atoms with E-state index in [1.165, 1.54) is 10.7 Å². The molecule has 0 unspecified atom stereocenters. The quantitative estimate of drug-likeness (QED) is 0.757. The molecule has 0 spiro atoms. The van der Waals surface area contributed by atoms with E-state index < -0.39 is 5.97 Å². The molecule has 1 aromatic heterocycles. The molecule has 138 valence electrons. The molecule has 0 atom stereocenters. The molecule has 1 saturated carbocycles. The monoisotopic (exact) mass is 357 g/mol. The number of nitrogens with one attached hydrogen (secondary N) is 1. The van der Waals surface area contributed by atoms with E-state index in [2.05, 4.69) is 10.4 Å². The van der Waals surface area contributed by atoms with Gasteiger partial charge in [0.05, 0.1) is 11.1 Å². The van der Waals surface area contributed by atoms with Gasteiger partial charge in [0.15, 0.2) is 5.69 Å². The van der Waals surface area contributed by atoms with E-state index in [4.69, 9.17) is 9.84 Å². The van der Waals surface area contributed by atoms with Crippen LogP contribution in [0.15, 0.2) is 36.5 Å². The first-order valence-corrected chi connectivity index (χ1v) is 8.70. The lowest BCUT2D eigenvalue weighted by atomic mass is 9.66. The summed E-state index contributed by atoms with van der Waals surface area (Å²) in [5, 5.41) is 16.0. The van der Waals surface area contributed by atoms with Gasteiger partial charge in [0.25, 0.3) is 0 Å². The van der Waals surface area contributed by atoms with Gasteiger partial charge in [-0.1, -0.05) is 18.6 Å². The Balaban J connectivity index is 1.65. The topological polar surface area (TPSA) is 93.5 Å². The molecule has 2 N–H and O–H groups in total. The van der Waals surface area contributed by atoms with E-state index in [9.17, 15) is 9.59 Å².